The van der Waals surface area contributed by atoms with Gasteiger partial charge in [0.2, 0.25) is 0 Å². The lowest BCUT2D eigenvalue weighted by molar-refractivity contribution is -0.167. The molecule has 0 aliphatic rings. The van der Waals surface area contributed by atoms with Crippen molar-refractivity contribution in [3.63, 3.8) is 0 Å². The molecule has 0 spiro atoms. The van der Waals surface area contributed by atoms with Crippen molar-refractivity contribution in [1.82, 2.24) is 0 Å². The number of hydrogen-bond donors (Lipinski definition) is 0. The van der Waals surface area contributed by atoms with E-state index in [4.69, 9.17) is 14.2 Å². The van der Waals surface area contributed by atoms with Crippen LogP contribution in [0.1, 0.15) is 220 Å². The highest BCUT2D eigenvalue weighted by molar-refractivity contribution is 5.71. The summed E-state index contributed by atoms with van der Waals surface area (Å²) in [5.41, 5.74) is 0. The number of esters is 3. The summed E-state index contributed by atoms with van der Waals surface area (Å²) in [4.78, 5) is 37.8. The van der Waals surface area contributed by atoms with Crippen molar-refractivity contribution in [2.45, 2.75) is 226 Å². The van der Waals surface area contributed by atoms with Gasteiger partial charge in [0.25, 0.3) is 0 Å². The summed E-state index contributed by atoms with van der Waals surface area (Å²) in [5.74, 6) is -1.04. The lowest BCUT2D eigenvalue weighted by Crippen LogP contribution is -2.30. The van der Waals surface area contributed by atoms with Crippen LogP contribution in [0.5, 0.6) is 0 Å². The van der Waals surface area contributed by atoms with Crippen molar-refractivity contribution in [2.75, 3.05) is 13.2 Å². The molecule has 0 amide bonds. The summed E-state index contributed by atoms with van der Waals surface area (Å²) >= 11 is 0. The molecule has 1 atom stereocenters. The first-order chi connectivity index (χ1) is 30.5. The Morgan fingerprint density at radius 1 is 0.339 bits per heavy atom. The van der Waals surface area contributed by atoms with Crippen LogP contribution in [0.4, 0.5) is 0 Å². The first kappa shape index (κ1) is 58.3. The van der Waals surface area contributed by atoms with Crippen molar-refractivity contribution in [3.8, 4) is 0 Å². The van der Waals surface area contributed by atoms with Crippen LogP contribution in [0.2, 0.25) is 0 Å². The molecule has 0 rings (SSSR count). The fourth-order valence-corrected chi connectivity index (χ4v) is 6.53. The first-order valence-electron chi connectivity index (χ1n) is 25.3. The third-order valence-electron chi connectivity index (χ3n) is 10.4. The van der Waals surface area contributed by atoms with E-state index in [0.29, 0.717) is 25.7 Å². The highest BCUT2D eigenvalue weighted by Crippen LogP contribution is 2.12. The molecular weight excluding hydrogens is 769 g/mol. The first-order valence-corrected chi connectivity index (χ1v) is 25.3. The van der Waals surface area contributed by atoms with Crippen LogP contribution in [0.25, 0.3) is 0 Å². The minimum absolute atomic E-state index is 0.120. The van der Waals surface area contributed by atoms with Crippen LogP contribution in [0.3, 0.4) is 0 Å². The molecule has 0 fully saturated rings. The second-order valence-electron chi connectivity index (χ2n) is 16.5. The maximum absolute atomic E-state index is 12.7. The number of ether oxygens (including phenoxy) is 3. The Labute approximate surface area is 381 Å². The second kappa shape index (κ2) is 50.0. The van der Waals surface area contributed by atoms with E-state index in [-0.39, 0.29) is 37.5 Å². The molecule has 352 valence electrons. The predicted molar refractivity (Wildman–Crippen MR) is 265 cm³/mol. The summed E-state index contributed by atoms with van der Waals surface area (Å²) in [7, 11) is 0. The fraction of sp³-hybridized carbons (Fsp3) is 0.661. The molecule has 0 aliphatic carbocycles. The summed E-state index contributed by atoms with van der Waals surface area (Å²) in [6.45, 7) is 6.45. The topological polar surface area (TPSA) is 78.9 Å². The zero-order chi connectivity index (χ0) is 45.1. The van der Waals surface area contributed by atoms with E-state index in [1.54, 1.807) is 0 Å². The summed E-state index contributed by atoms with van der Waals surface area (Å²) in [5, 5.41) is 0. The van der Waals surface area contributed by atoms with Gasteiger partial charge in [0.15, 0.2) is 6.10 Å². The summed E-state index contributed by atoms with van der Waals surface area (Å²) < 4.78 is 16.6. The third-order valence-corrected chi connectivity index (χ3v) is 10.4. The Morgan fingerprint density at radius 3 is 1.18 bits per heavy atom. The maximum atomic E-state index is 12.7. The molecule has 6 nitrogen and oxygen atoms in total. The average molecular weight is 861 g/mol. The molecule has 0 saturated heterocycles. The van der Waals surface area contributed by atoms with E-state index < -0.39 is 6.10 Å². The molecule has 0 heterocycles. The minimum atomic E-state index is -0.824. The van der Waals surface area contributed by atoms with Gasteiger partial charge in [-0.25, -0.2) is 0 Å². The maximum Gasteiger partial charge on any atom is 0.306 e. The van der Waals surface area contributed by atoms with E-state index in [1.807, 2.05) is 0 Å². The van der Waals surface area contributed by atoms with Gasteiger partial charge in [0.1, 0.15) is 13.2 Å². The van der Waals surface area contributed by atoms with E-state index >= 15 is 0 Å². The van der Waals surface area contributed by atoms with Crippen LogP contribution < -0.4 is 0 Å². The van der Waals surface area contributed by atoms with Gasteiger partial charge in [0, 0.05) is 19.3 Å². The minimum Gasteiger partial charge on any atom is -0.462 e. The van der Waals surface area contributed by atoms with Gasteiger partial charge in [-0.3, -0.25) is 14.4 Å². The molecule has 6 heteroatoms. The second-order valence-corrected chi connectivity index (χ2v) is 16.5. The van der Waals surface area contributed by atoms with Gasteiger partial charge in [0.05, 0.1) is 0 Å². The van der Waals surface area contributed by atoms with Gasteiger partial charge in [-0.15, -0.1) is 0 Å². The van der Waals surface area contributed by atoms with Gasteiger partial charge in [-0.1, -0.05) is 201 Å². The Kier molecular flexibility index (Phi) is 47.0. The van der Waals surface area contributed by atoms with Crippen molar-refractivity contribution in [1.29, 1.82) is 0 Å². The van der Waals surface area contributed by atoms with Crippen LogP contribution in [0.15, 0.2) is 97.2 Å². The molecule has 62 heavy (non-hydrogen) atoms. The van der Waals surface area contributed by atoms with Crippen molar-refractivity contribution in [3.05, 3.63) is 97.2 Å². The summed E-state index contributed by atoms with van der Waals surface area (Å²) in [6, 6.07) is 0. The van der Waals surface area contributed by atoms with Gasteiger partial charge in [-0.05, 0) is 96.3 Å². The largest absolute Gasteiger partial charge is 0.462 e. The number of rotatable bonds is 44. The Balaban J connectivity index is 4.50. The quantitative estimate of drug-likeness (QED) is 0.0200. The molecule has 0 radical (unpaired) electrons. The predicted octanol–water partition coefficient (Wildman–Crippen LogP) is 16.6. The average Bonchev–Trinajstić information content (AvgIpc) is 3.27. The third kappa shape index (κ3) is 47.4. The molecule has 0 aromatic heterocycles. The molecule has 0 aromatic carbocycles. The molecule has 0 aliphatic heterocycles. The van der Waals surface area contributed by atoms with Crippen molar-refractivity contribution < 1.29 is 28.6 Å². The van der Waals surface area contributed by atoms with Gasteiger partial charge >= 0.3 is 17.9 Å². The van der Waals surface area contributed by atoms with Crippen LogP contribution in [-0.2, 0) is 28.6 Å². The molecule has 1 unspecified atom stereocenters. The highest BCUT2D eigenvalue weighted by Gasteiger charge is 2.19. The molecule has 0 aromatic rings. The van der Waals surface area contributed by atoms with Crippen LogP contribution >= 0.6 is 0 Å². The number of allylic oxidation sites excluding steroid dienone is 16. The fourth-order valence-electron chi connectivity index (χ4n) is 6.53. The molecular formula is C56H92O6. The normalized spacial score (nSPS) is 12.9. The highest BCUT2D eigenvalue weighted by atomic mass is 16.6. The van der Waals surface area contributed by atoms with Gasteiger partial charge < -0.3 is 14.2 Å². The lowest BCUT2D eigenvalue weighted by Gasteiger charge is -2.18. The van der Waals surface area contributed by atoms with Crippen molar-refractivity contribution >= 4 is 17.9 Å². The van der Waals surface area contributed by atoms with Crippen LogP contribution in [-0.4, -0.2) is 37.2 Å². The van der Waals surface area contributed by atoms with E-state index in [1.165, 1.54) is 89.9 Å². The lowest BCUT2D eigenvalue weighted by atomic mass is 10.1. The molecule has 0 bridgehead atoms. The number of unbranched alkanes of at least 4 members (excludes halogenated alkanes) is 20. The zero-order valence-corrected chi connectivity index (χ0v) is 40.1. The zero-order valence-electron chi connectivity index (χ0n) is 40.1. The van der Waals surface area contributed by atoms with E-state index in [0.717, 1.165) is 77.0 Å². The Morgan fingerprint density at radius 2 is 0.661 bits per heavy atom. The number of carbonyl (C=O) groups excluding carboxylic acids is 3. The molecule has 0 saturated carbocycles. The Hall–Kier alpha value is -3.67. The monoisotopic (exact) mass is 861 g/mol. The molecule has 0 N–H and O–H groups in total. The Bertz CT molecular complexity index is 1260. The summed E-state index contributed by atoms with van der Waals surface area (Å²) in [6.07, 6.45) is 65.5. The number of carbonyl (C=O) groups is 3. The number of hydrogen-bond acceptors (Lipinski definition) is 6. The van der Waals surface area contributed by atoms with E-state index in [9.17, 15) is 14.4 Å². The van der Waals surface area contributed by atoms with Gasteiger partial charge in [-0.2, -0.15) is 0 Å². The standard InChI is InChI=1S/C56H92O6/c1-4-7-10-13-16-19-21-23-25-27-29-30-32-34-37-40-43-46-49-55(58)61-52-53(51-60-54(57)48-45-42-39-36-18-15-12-9-6-3)62-56(59)50-47-44-41-38-35-33-31-28-26-24-22-20-17-14-11-8-5-2/h16,19,21,23-27,29-31,33,36,38-39,41,53H,4-15,17-18,20,22,28,32,34-35,37,40,42-52H2,1-3H3/b19-16-,23-21-,26-24-,27-25-,30-29-,33-31-,39-36-,41-38-. The SMILES string of the molecule is CCCCC\C=C/C=C\C=C/C=C\CCCCCCCC(=O)OCC(COC(=O)CCC/C=C\CCCCCC)OC(=O)CCC/C=C\C/C=C\C/C=C\CCCCCCCC. The van der Waals surface area contributed by atoms with Crippen LogP contribution in [0, 0.1) is 0 Å². The van der Waals surface area contributed by atoms with Crippen molar-refractivity contribution in [2.24, 2.45) is 0 Å². The smallest absolute Gasteiger partial charge is 0.306 e. The van der Waals surface area contributed by atoms with E-state index in [2.05, 4.69) is 118 Å².